The summed E-state index contributed by atoms with van der Waals surface area (Å²) >= 11 is 1.60. The maximum absolute atomic E-state index is 15.0. The number of fused-ring (bicyclic) bond motifs is 1. The molecule has 0 aromatic carbocycles. The van der Waals surface area contributed by atoms with Crippen LogP contribution in [0.4, 0.5) is 10.1 Å². The lowest BCUT2D eigenvalue weighted by Crippen LogP contribution is -2.34. The van der Waals surface area contributed by atoms with E-state index in [-0.39, 0.29) is 24.2 Å². The maximum Gasteiger partial charge on any atom is 0.257 e. The lowest BCUT2D eigenvalue weighted by atomic mass is 10.2. The van der Waals surface area contributed by atoms with E-state index in [0.717, 1.165) is 23.5 Å². The molecule has 1 aliphatic rings. The first kappa shape index (κ1) is 23.9. The average molecular weight is 486 g/mol. The van der Waals surface area contributed by atoms with Crippen LogP contribution in [0.25, 0.3) is 0 Å². The standard InChI is InChI=1S/C24H28FN5O3S/c1-26-7-6-21(22-5-4-10-34-22)33-16-11-18(25)19(27-13-16)15-30-9-8-29(2)20-12-23(32-3)28-14-17(20)24(30)31/h4-5,10-14,21,26H,6-9,15H2,1-3H3. The van der Waals surface area contributed by atoms with Crippen molar-refractivity contribution in [1.82, 2.24) is 20.2 Å². The number of rotatable bonds is 9. The number of likely N-dealkylation sites (N-methyl/N-ethyl adjacent to an activating group) is 1. The second-order valence-electron chi connectivity index (χ2n) is 8.01. The van der Waals surface area contributed by atoms with Gasteiger partial charge in [0.15, 0.2) is 0 Å². The van der Waals surface area contributed by atoms with Crippen molar-refractivity contribution in [3.63, 3.8) is 0 Å². The maximum atomic E-state index is 15.0. The minimum absolute atomic E-state index is 0.0539. The van der Waals surface area contributed by atoms with Gasteiger partial charge in [-0.2, -0.15) is 0 Å². The molecule has 180 valence electrons. The van der Waals surface area contributed by atoms with Crippen LogP contribution in [-0.2, 0) is 6.54 Å². The van der Waals surface area contributed by atoms with Gasteiger partial charge in [-0.05, 0) is 25.0 Å². The van der Waals surface area contributed by atoms with E-state index in [9.17, 15) is 4.79 Å². The number of halogens is 1. The number of ether oxygens (including phenoxy) is 2. The Morgan fingerprint density at radius 3 is 2.82 bits per heavy atom. The van der Waals surface area contributed by atoms with Crippen molar-refractivity contribution < 1.29 is 18.7 Å². The smallest absolute Gasteiger partial charge is 0.257 e. The highest BCUT2D eigenvalue weighted by atomic mass is 32.1. The third-order valence-corrected chi connectivity index (χ3v) is 6.69. The summed E-state index contributed by atoms with van der Waals surface area (Å²) in [6.07, 6.45) is 3.58. The summed E-state index contributed by atoms with van der Waals surface area (Å²) in [5, 5.41) is 5.11. The zero-order valence-electron chi connectivity index (χ0n) is 19.5. The summed E-state index contributed by atoms with van der Waals surface area (Å²) in [5.74, 6) is 0.0698. The Kier molecular flexibility index (Phi) is 7.59. The third kappa shape index (κ3) is 5.28. The van der Waals surface area contributed by atoms with E-state index in [2.05, 4.69) is 15.3 Å². The molecular formula is C24H28FN5O3S. The van der Waals surface area contributed by atoms with E-state index < -0.39 is 5.82 Å². The van der Waals surface area contributed by atoms with Gasteiger partial charge in [0.05, 0.1) is 36.8 Å². The molecule has 0 saturated heterocycles. The average Bonchev–Trinajstić information content (AvgIpc) is 3.36. The number of hydrogen-bond donors (Lipinski definition) is 1. The van der Waals surface area contributed by atoms with Crippen LogP contribution >= 0.6 is 11.3 Å². The predicted octanol–water partition coefficient (Wildman–Crippen LogP) is 3.51. The molecule has 0 fully saturated rings. The number of pyridine rings is 2. The number of nitrogens with one attached hydrogen (secondary N) is 1. The fraction of sp³-hybridized carbons (Fsp3) is 0.375. The molecule has 1 unspecified atom stereocenters. The molecule has 1 N–H and O–H groups in total. The quantitative estimate of drug-likeness (QED) is 0.497. The first-order valence-electron chi connectivity index (χ1n) is 11.0. The van der Waals surface area contributed by atoms with Crippen LogP contribution in [0.3, 0.4) is 0 Å². The number of thiophene rings is 1. The van der Waals surface area contributed by atoms with Crippen molar-refractivity contribution >= 4 is 22.9 Å². The van der Waals surface area contributed by atoms with E-state index in [1.54, 1.807) is 22.3 Å². The summed E-state index contributed by atoms with van der Waals surface area (Å²) in [6, 6.07) is 7.06. The molecule has 1 atom stereocenters. The molecule has 0 aliphatic carbocycles. The number of anilines is 1. The summed E-state index contributed by atoms with van der Waals surface area (Å²) in [5.41, 5.74) is 1.37. The second-order valence-corrected chi connectivity index (χ2v) is 8.99. The minimum Gasteiger partial charge on any atom is -0.483 e. The van der Waals surface area contributed by atoms with Crippen LogP contribution in [0.5, 0.6) is 11.6 Å². The molecule has 34 heavy (non-hydrogen) atoms. The SMILES string of the molecule is CNCCC(Oc1cnc(CN2CCN(C)c3cc(OC)ncc3C2=O)c(F)c1)c1cccs1. The molecule has 4 heterocycles. The van der Waals surface area contributed by atoms with Gasteiger partial charge in [0.2, 0.25) is 5.88 Å². The van der Waals surface area contributed by atoms with Gasteiger partial charge in [0.25, 0.3) is 5.91 Å². The van der Waals surface area contributed by atoms with E-state index in [0.29, 0.717) is 30.3 Å². The predicted molar refractivity (Wildman–Crippen MR) is 129 cm³/mol. The largest absolute Gasteiger partial charge is 0.483 e. The van der Waals surface area contributed by atoms with Crippen LogP contribution in [-0.4, -0.2) is 61.6 Å². The Hall–Kier alpha value is -3.24. The number of nitrogens with zero attached hydrogens (tertiary/aromatic N) is 4. The molecule has 0 radical (unpaired) electrons. The molecule has 1 amide bonds. The molecule has 4 rings (SSSR count). The van der Waals surface area contributed by atoms with Gasteiger partial charge in [-0.15, -0.1) is 11.3 Å². The van der Waals surface area contributed by atoms with Gasteiger partial charge >= 0.3 is 0 Å². The summed E-state index contributed by atoms with van der Waals surface area (Å²) in [6.45, 7) is 1.83. The molecule has 0 saturated carbocycles. The molecule has 8 nitrogen and oxygen atoms in total. The van der Waals surface area contributed by atoms with Gasteiger partial charge in [0, 0.05) is 49.8 Å². The lowest BCUT2D eigenvalue weighted by Gasteiger charge is -2.21. The fourth-order valence-electron chi connectivity index (χ4n) is 3.82. The van der Waals surface area contributed by atoms with Crippen molar-refractivity contribution in [3.05, 3.63) is 64.0 Å². The molecule has 3 aromatic rings. The van der Waals surface area contributed by atoms with Crippen LogP contribution in [0.15, 0.2) is 42.0 Å². The second kappa shape index (κ2) is 10.8. The van der Waals surface area contributed by atoms with Crippen LogP contribution < -0.4 is 19.7 Å². The number of hydrogen-bond acceptors (Lipinski definition) is 8. The lowest BCUT2D eigenvalue weighted by molar-refractivity contribution is 0.0750. The van der Waals surface area contributed by atoms with E-state index >= 15 is 4.39 Å². The number of amides is 1. The topological polar surface area (TPSA) is 79.8 Å². The van der Waals surface area contributed by atoms with Crippen LogP contribution in [0, 0.1) is 5.82 Å². The van der Waals surface area contributed by atoms with E-state index in [1.165, 1.54) is 25.6 Å². The number of carbonyl (C=O) groups excluding carboxylic acids is 1. The van der Waals surface area contributed by atoms with Crippen molar-refractivity contribution in [3.8, 4) is 11.6 Å². The Labute approximate surface area is 202 Å². The molecule has 3 aromatic heterocycles. The van der Waals surface area contributed by atoms with Gasteiger partial charge in [0.1, 0.15) is 17.7 Å². The highest BCUT2D eigenvalue weighted by Gasteiger charge is 2.27. The van der Waals surface area contributed by atoms with Gasteiger partial charge in [-0.25, -0.2) is 9.37 Å². The van der Waals surface area contributed by atoms with Crippen LogP contribution in [0.2, 0.25) is 0 Å². The van der Waals surface area contributed by atoms with Crippen molar-refractivity contribution in [2.24, 2.45) is 0 Å². The molecule has 0 spiro atoms. The monoisotopic (exact) mass is 485 g/mol. The summed E-state index contributed by atoms with van der Waals surface area (Å²) in [7, 11) is 5.32. The normalized spacial score (nSPS) is 14.5. The van der Waals surface area contributed by atoms with E-state index in [4.69, 9.17) is 9.47 Å². The van der Waals surface area contributed by atoms with Crippen LogP contribution in [0.1, 0.15) is 33.5 Å². The minimum atomic E-state index is -0.505. The Balaban J connectivity index is 1.50. The van der Waals surface area contributed by atoms with E-state index in [1.807, 2.05) is 36.5 Å². The van der Waals surface area contributed by atoms with Crippen molar-refractivity contribution in [2.75, 3.05) is 45.7 Å². The number of methoxy groups -OCH3 is 1. The zero-order chi connectivity index (χ0) is 24.1. The first-order valence-corrected chi connectivity index (χ1v) is 11.9. The first-order chi connectivity index (χ1) is 16.5. The van der Waals surface area contributed by atoms with Crippen molar-refractivity contribution in [2.45, 2.75) is 19.1 Å². The Bertz CT molecular complexity index is 1130. The third-order valence-electron chi connectivity index (χ3n) is 5.73. The highest BCUT2D eigenvalue weighted by molar-refractivity contribution is 7.10. The Morgan fingerprint density at radius 2 is 2.12 bits per heavy atom. The summed E-state index contributed by atoms with van der Waals surface area (Å²) < 4.78 is 26.3. The molecule has 0 bridgehead atoms. The molecule has 10 heteroatoms. The zero-order valence-corrected chi connectivity index (χ0v) is 20.3. The Morgan fingerprint density at radius 1 is 1.26 bits per heavy atom. The highest BCUT2D eigenvalue weighted by Crippen LogP contribution is 2.30. The number of carbonyl (C=O) groups is 1. The van der Waals surface area contributed by atoms with Gasteiger partial charge < -0.3 is 24.6 Å². The van der Waals surface area contributed by atoms with Crippen molar-refractivity contribution in [1.29, 1.82) is 0 Å². The summed E-state index contributed by atoms with van der Waals surface area (Å²) in [4.78, 5) is 26.3. The fourth-order valence-corrected chi connectivity index (χ4v) is 4.61. The number of aromatic nitrogens is 2. The molecular weight excluding hydrogens is 457 g/mol. The van der Waals surface area contributed by atoms with Gasteiger partial charge in [-0.1, -0.05) is 6.07 Å². The molecule has 1 aliphatic heterocycles. The van der Waals surface area contributed by atoms with Gasteiger partial charge in [-0.3, -0.25) is 9.78 Å².